The lowest BCUT2D eigenvalue weighted by molar-refractivity contribution is -0.130. The van der Waals surface area contributed by atoms with Crippen LogP contribution in [0.1, 0.15) is 31.0 Å². The van der Waals surface area contributed by atoms with E-state index in [0.717, 1.165) is 74.7 Å². The molecular formula is C27H35N5O3. The van der Waals surface area contributed by atoms with Gasteiger partial charge in [-0.25, -0.2) is 0 Å². The van der Waals surface area contributed by atoms with Gasteiger partial charge in [-0.05, 0) is 31.0 Å². The third-order valence-corrected chi connectivity index (χ3v) is 7.44. The van der Waals surface area contributed by atoms with Gasteiger partial charge in [-0.2, -0.15) is 0 Å². The fraction of sp³-hybridized carbons (Fsp3) is 0.519. The number of para-hydroxylation sites is 1. The topological polar surface area (TPSA) is 78.0 Å². The highest BCUT2D eigenvalue weighted by Gasteiger charge is 2.34. The number of carbonyl (C=O) groups is 2. The van der Waals surface area contributed by atoms with E-state index >= 15 is 0 Å². The average Bonchev–Trinajstić information content (AvgIpc) is 3.34. The summed E-state index contributed by atoms with van der Waals surface area (Å²) in [5.41, 5.74) is 3.33. The number of fused-ring (bicyclic) bond motifs is 1. The largest absolute Gasteiger partial charge is 0.478 e. The molecular weight excluding hydrogens is 442 g/mol. The molecule has 3 aliphatic heterocycles. The molecule has 8 heteroatoms. The number of carbonyl (C=O) groups excluding carboxylic acids is 2. The number of ether oxygens (including phenoxy) is 1. The predicted octanol–water partition coefficient (Wildman–Crippen LogP) is 1.88. The lowest BCUT2D eigenvalue weighted by Crippen LogP contribution is -2.49. The van der Waals surface area contributed by atoms with Crippen LogP contribution in [0, 0.1) is 0 Å². The van der Waals surface area contributed by atoms with E-state index in [1.54, 1.807) is 6.92 Å². The second-order valence-corrected chi connectivity index (χ2v) is 9.76. The molecule has 4 heterocycles. The van der Waals surface area contributed by atoms with Gasteiger partial charge in [0.1, 0.15) is 5.75 Å². The summed E-state index contributed by atoms with van der Waals surface area (Å²) >= 11 is 0. The van der Waals surface area contributed by atoms with E-state index in [4.69, 9.17) is 4.74 Å². The van der Waals surface area contributed by atoms with Gasteiger partial charge in [0.15, 0.2) is 6.10 Å². The third-order valence-electron chi connectivity index (χ3n) is 7.44. The van der Waals surface area contributed by atoms with Crippen molar-refractivity contribution in [3.63, 3.8) is 0 Å². The Balaban J connectivity index is 1.13. The van der Waals surface area contributed by atoms with Crippen LogP contribution >= 0.6 is 0 Å². The van der Waals surface area contributed by atoms with Crippen LogP contribution in [0.4, 0.5) is 5.69 Å². The molecule has 0 spiro atoms. The minimum atomic E-state index is -0.489. The molecule has 186 valence electrons. The molecule has 0 aliphatic carbocycles. The molecule has 2 aromatic rings. The Hall–Kier alpha value is -3.13. The molecule has 0 radical (unpaired) electrons. The second kappa shape index (κ2) is 10.6. The lowest BCUT2D eigenvalue weighted by atomic mass is 10.0. The number of hydrogen-bond donors (Lipinski definition) is 1. The average molecular weight is 478 g/mol. The maximum atomic E-state index is 13.0. The van der Waals surface area contributed by atoms with Gasteiger partial charge in [-0.3, -0.25) is 19.5 Å². The molecule has 0 bridgehead atoms. The number of piperidine rings is 1. The van der Waals surface area contributed by atoms with Gasteiger partial charge in [0.05, 0.1) is 5.69 Å². The summed E-state index contributed by atoms with van der Waals surface area (Å²) in [4.78, 5) is 35.7. The van der Waals surface area contributed by atoms with Crippen molar-refractivity contribution in [3.8, 4) is 5.75 Å². The SMILES string of the molecule is CC(=O)N1CCC(NC(=O)C2Cc3cccc(N4CCN(CCc5ccccn5)CC4)c3O2)CC1. The second-order valence-electron chi connectivity index (χ2n) is 9.76. The zero-order chi connectivity index (χ0) is 24.2. The molecule has 1 aromatic heterocycles. The first-order valence-electron chi connectivity index (χ1n) is 12.8. The Kier molecular flexibility index (Phi) is 7.18. The van der Waals surface area contributed by atoms with Gasteiger partial charge < -0.3 is 19.9 Å². The normalized spacial score (nSPS) is 20.9. The quantitative estimate of drug-likeness (QED) is 0.685. The Morgan fingerprint density at radius 3 is 2.54 bits per heavy atom. The fourth-order valence-electron chi connectivity index (χ4n) is 5.31. The molecule has 2 saturated heterocycles. The predicted molar refractivity (Wildman–Crippen MR) is 135 cm³/mol. The number of likely N-dealkylation sites (tertiary alicyclic amines) is 1. The minimum absolute atomic E-state index is 0.0484. The van der Waals surface area contributed by atoms with Crippen molar-refractivity contribution in [1.29, 1.82) is 0 Å². The Bertz CT molecular complexity index is 1030. The molecule has 8 nitrogen and oxygen atoms in total. The van der Waals surface area contributed by atoms with E-state index in [0.29, 0.717) is 19.5 Å². The fourth-order valence-corrected chi connectivity index (χ4v) is 5.31. The number of aromatic nitrogens is 1. The highest BCUT2D eigenvalue weighted by molar-refractivity contribution is 5.84. The molecule has 1 unspecified atom stereocenters. The first-order valence-corrected chi connectivity index (χ1v) is 12.8. The first kappa shape index (κ1) is 23.6. The van der Waals surface area contributed by atoms with Crippen molar-refractivity contribution in [2.24, 2.45) is 0 Å². The molecule has 0 saturated carbocycles. The Morgan fingerprint density at radius 2 is 1.83 bits per heavy atom. The van der Waals surface area contributed by atoms with Crippen molar-refractivity contribution in [2.45, 2.75) is 44.8 Å². The van der Waals surface area contributed by atoms with Gasteiger partial charge in [-0.1, -0.05) is 18.2 Å². The summed E-state index contributed by atoms with van der Waals surface area (Å²) in [6.45, 7) is 7.89. The summed E-state index contributed by atoms with van der Waals surface area (Å²) in [5.74, 6) is 0.916. The van der Waals surface area contributed by atoms with Crippen LogP contribution < -0.4 is 15.0 Å². The minimum Gasteiger partial charge on any atom is -0.478 e. The molecule has 2 fully saturated rings. The lowest BCUT2D eigenvalue weighted by Gasteiger charge is -2.36. The van der Waals surface area contributed by atoms with Crippen LogP contribution in [-0.2, 0) is 22.4 Å². The summed E-state index contributed by atoms with van der Waals surface area (Å²) in [6, 6.07) is 12.4. The van der Waals surface area contributed by atoms with Crippen LogP contribution in [-0.4, -0.2) is 84.6 Å². The van der Waals surface area contributed by atoms with E-state index in [1.807, 2.05) is 23.2 Å². The van der Waals surface area contributed by atoms with Crippen LogP contribution in [0.25, 0.3) is 0 Å². The van der Waals surface area contributed by atoms with Gasteiger partial charge >= 0.3 is 0 Å². The molecule has 3 aliphatic rings. The number of nitrogens with one attached hydrogen (secondary N) is 1. The monoisotopic (exact) mass is 477 g/mol. The van der Waals surface area contributed by atoms with Crippen LogP contribution in [0.3, 0.4) is 0 Å². The van der Waals surface area contributed by atoms with Crippen molar-refractivity contribution in [2.75, 3.05) is 50.7 Å². The number of nitrogens with zero attached hydrogens (tertiary/aromatic N) is 4. The highest BCUT2D eigenvalue weighted by Crippen LogP contribution is 2.39. The highest BCUT2D eigenvalue weighted by atomic mass is 16.5. The first-order chi connectivity index (χ1) is 17.1. The number of pyridine rings is 1. The third kappa shape index (κ3) is 5.59. The zero-order valence-corrected chi connectivity index (χ0v) is 20.5. The zero-order valence-electron chi connectivity index (χ0n) is 20.5. The maximum absolute atomic E-state index is 13.0. The maximum Gasteiger partial charge on any atom is 0.261 e. The summed E-state index contributed by atoms with van der Waals surface area (Å²) in [7, 11) is 0. The van der Waals surface area contributed by atoms with Gasteiger partial charge in [0, 0.05) is 89.1 Å². The molecule has 35 heavy (non-hydrogen) atoms. The number of rotatable bonds is 6. The Labute approximate surface area is 207 Å². The van der Waals surface area contributed by atoms with Crippen molar-refractivity contribution < 1.29 is 14.3 Å². The standard InChI is InChI=1S/C27H35N5O3/c1-20(33)31-13-9-23(10-14-31)29-27(34)25-19-21-5-4-7-24(26(21)35-25)32-17-15-30(16-18-32)12-8-22-6-2-3-11-28-22/h2-7,11,23,25H,8-10,12-19H2,1H3,(H,29,34). The molecule has 2 amide bonds. The van der Waals surface area contributed by atoms with Crippen LogP contribution in [0.15, 0.2) is 42.6 Å². The van der Waals surface area contributed by atoms with E-state index in [-0.39, 0.29) is 17.9 Å². The number of benzene rings is 1. The number of piperazine rings is 1. The molecule has 1 N–H and O–H groups in total. The summed E-state index contributed by atoms with van der Waals surface area (Å²) in [5, 5.41) is 3.16. The summed E-state index contributed by atoms with van der Waals surface area (Å²) in [6.07, 6.45) is 4.52. The van der Waals surface area contributed by atoms with Gasteiger partial charge in [0.25, 0.3) is 5.91 Å². The number of hydrogen-bond acceptors (Lipinski definition) is 6. The van der Waals surface area contributed by atoms with E-state index in [1.165, 1.54) is 0 Å². The van der Waals surface area contributed by atoms with E-state index < -0.39 is 6.10 Å². The van der Waals surface area contributed by atoms with E-state index in [9.17, 15) is 9.59 Å². The molecule has 5 rings (SSSR count). The van der Waals surface area contributed by atoms with Crippen LogP contribution in [0.2, 0.25) is 0 Å². The summed E-state index contributed by atoms with van der Waals surface area (Å²) < 4.78 is 6.25. The van der Waals surface area contributed by atoms with Gasteiger partial charge in [0.2, 0.25) is 5.91 Å². The van der Waals surface area contributed by atoms with Crippen molar-refractivity contribution in [3.05, 3.63) is 53.9 Å². The van der Waals surface area contributed by atoms with Crippen molar-refractivity contribution in [1.82, 2.24) is 20.1 Å². The number of amides is 2. The van der Waals surface area contributed by atoms with Gasteiger partial charge in [-0.15, -0.1) is 0 Å². The van der Waals surface area contributed by atoms with Crippen LogP contribution in [0.5, 0.6) is 5.75 Å². The molecule has 1 aromatic carbocycles. The van der Waals surface area contributed by atoms with Crippen molar-refractivity contribution >= 4 is 17.5 Å². The smallest absolute Gasteiger partial charge is 0.261 e. The van der Waals surface area contributed by atoms with E-state index in [2.05, 4.69) is 44.4 Å². The molecule has 1 atom stereocenters. The number of anilines is 1. The Morgan fingerprint density at radius 1 is 1.03 bits per heavy atom.